The first-order chi connectivity index (χ1) is 13.3. The maximum Gasteiger partial charge on any atom is 0.123 e. The number of hydrogen-bond acceptors (Lipinski definition) is 6. The van der Waals surface area contributed by atoms with Gasteiger partial charge in [0.15, 0.2) is 0 Å². The normalized spacial score (nSPS) is 11.0. The van der Waals surface area contributed by atoms with Crippen LogP contribution in [-0.4, -0.2) is 30.6 Å². The first-order valence-electron chi connectivity index (χ1n) is 8.89. The van der Waals surface area contributed by atoms with Gasteiger partial charge in [-0.15, -0.1) is 0 Å². The lowest BCUT2D eigenvalue weighted by Crippen LogP contribution is -2.03. The van der Waals surface area contributed by atoms with Crippen LogP contribution in [0.2, 0.25) is 0 Å². The quantitative estimate of drug-likeness (QED) is 0.382. The van der Waals surface area contributed by atoms with Gasteiger partial charge in [0.05, 0.1) is 0 Å². The molecule has 0 aliphatic heterocycles. The summed E-state index contributed by atoms with van der Waals surface area (Å²) in [6, 6.07) is 13.0. The molecule has 0 spiro atoms. The Kier molecular flexibility index (Phi) is 5.49. The van der Waals surface area contributed by atoms with E-state index in [2.05, 4.69) is 0 Å². The molecule has 6 N–H and O–H groups in total. The highest BCUT2D eigenvalue weighted by atomic mass is 16.3. The lowest BCUT2D eigenvalue weighted by Gasteiger charge is -2.21. The molecule has 0 saturated heterocycles. The molecule has 0 heterocycles. The molecule has 6 nitrogen and oxygen atoms in total. The van der Waals surface area contributed by atoms with Crippen molar-refractivity contribution in [3.8, 4) is 34.5 Å². The van der Waals surface area contributed by atoms with Crippen molar-refractivity contribution in [2.24, 2.45) is 0 Å². The average Bonchev–Trinajstić information content (AvgIpc) is 2.62. The Labute approximate surface area is 162 Å². The molecule has 0 aromatic heterocycles. The van der Waals surface area contributed by atoms with Crippen LogP contribution in [0.5, 0.6) is 34.5 Å². The molecule has 0 unspecified atom stereocenters. The molecule has 0 amide bonds. The molecular formula is C22H22O6. The molecule has 0 aliphatic rings. The van der Waals surface area contributed by atoms with E-state index >= 15 is 0 Å². The highest BCUT2D eigenvalue weighted by molar-refractivity contribution is 5.50. The first-order valence-corrected chi connectivity index (χ1v) is 8.89. The van der Waals surface area contributed by atoms with Gasteiger partial charge in [-0.2, -0.15) is 0 Å². The molecule has 3 aromatic carbocycles. The maximum atomic E-state index is 10.3. The van der Waals surface area contributed by atoms with Crippen molar-refractivity contribution in [1.82, 2.24) is 0 Å². The predicted molar refractivity (Wildman–Crippen MR) is 104 cm³/mol. The van der Waals surface area contributed by atoms with Gasteiger partial charge in [0.2, 0.25) is 0 Å². The Bertz CT molecular complexity index is 931. The second-order valence-corrected chi connectivity index (χ2v) is 6.74. The van der Waals surface area contributed by atoms with Gasteiger partial charge in [0.1, 0.15) is 34.5 Å². The minimum atomic E-state index is -0.388. The number of phenols is 6. The molecule has 0 bridgehead atoms. The van der Waals surface area contributed by atoms with Crippen LogP contribution in [0.3, 0.4) is 0 Å². The predicted octanol–water partition coefficient (Wildman–Crippen LogP) is 4.08. The van der Waals surface area contributed by atoms with Crippen molar-refractivity contribution in [2.75, 3.05) is 0 Å². The van der Waals surface area contributed by atoms with E-state index in [1.165, 1.54) is 36.4 Å². The minimum absolute atomic E-state index is 0.0107. The molecule has 0 radical (unpaired) electrons. The number of aryl methyl sites for hydroxylation is 1. The van der Waals surface area contributed by atoms with Gasteiger partial charge in [-0.1, -0.05) is 18.2 Å². The van der Waals surface area contributed by atoms with E-state index in [1.807, 2.05) is 0 Å². The minimum Gasteiger partial charge on any atom is -0.508 e. The molecular weight excluding hydrogens is 360 g/mol. The molecule has 0 fully saturated rings. The zero-order chi connectivity index (χ0) is 20.3. The van der Waals surface area contributed by atoms with Crippen LogP contribution in [-0.2, 0) is 6.42 Å². The topological polar surface area (TPSA) is 121 Å². The van der Waals surface area contributed by atoms with Gasteiger partial charge in [0.25, 0.3) is 0 Å². The number of phenolic OH excluding ortho intramolecular Hbond substituents is 6. The third-order valence-electron chi connectivity index (χ3n) is 4.79. The van der Waals surface area contributed by atoms with Gasteiger partial charge >= 0.3 is 0 Å². The fourth-order valence-electron chi connectivity index (χ4n) is 3.39. The van der Waals surface area contributed by atoms with E-state index in [-0.39, 0.29) is 40.4 Å². The summed E-state index contributed by atoms with van der Waals surface area (Å²) in [7, 11) is 0. The van der Waals surface area contributed by atoms with Gasteiger partial charge in [-0.25, -0.2) is 0 Å². The Balaban J connectivity index is 1.88. The highest BCUT2D eigenvalue weighted by Gasteiger charge is 2.21. The van der Waals surface area contributed by atoms with E-state index < -0.39 is 0 Å². The van der Waals surface area contributed by atoms with E-state index in [9.17, 15) is 30.6 Å². The second-order valence-electron chi connectivity index (χ2n) is 6.74. The van der Waals surface area contributed by atoms with Crippen molar-refractivity contribution in [3.05, 3.63) is 71.3 Å². The molecule has 28 heavy (non-hydrogen) atoms. The monoisotopic (exact) mass is 382 g/mol. The summed E-state index contributed by atoms with van der Waals surface area (Å²) in [5, 5.41) is 59.1. The number of hydrogen-bond donors (Lipinski definition) is 6. The Hall–Kier alpha value is -3.54. The summed E-state index contributed by atoms with van der Waals surface area (Å²) in [4.78, 5) is 0. The molecule has 6 heteroatoms. The third-order valence-corrected chi connectivity index (χ3v) is 4.79. The van der Waals surface area contributed by atoms with E-state index in [4.69, 9.17) is 0 Å². The molecule has 0 atom stereocenters. The third kappa shape index (κ3) is 4.23. The molecule has 146 valence electrons. The summed E-state index contributed by atoms with van der Waals surface area (Å²) in [5.74, 6) is -0.707. The fourth-order valence-corrected chi connectivity index (χ4v) is 3.39. The number of benzene rings is 3. The summed E-state index contributed by atoms with van der Waals surface area (Å²) >= 11 is 0. The van der Waals surface area contributed by atoms with Gasteiger partial charge < -0.3 is 30.6 Å². The fraction of sp³-hybridized carbons (Fsp3) is 0.182. The van der Waals surface area contributed by atoms with Crippen LogP contribution in [0.1, 0.15) is 35.4 Å². The Morgan fingerprint density at radius 1 is 0.571 bits per heavy atom. The maximum absolute atomic E-state index is 10.3. The second kappa shape index (κ2) is 8.00. The highest BCUT2D eigenvalue weighted by Crippen LogP contribution is 2.41. The van der Waals surface area contributed by atoms with Crippen LogP contribution in [0.4, 0.5) is 0 Å². The molecule has 0 saturated carbocycles. The summed E-state index contributed by atoms with van der Waals surface area (Å²) in [6.07, 6.45) is 1.67. The van der Waals surface area contributed by atoms with Gasteiger partial charge in [-0.05, 0) is 43.0 Å². The molecule has 3 aromatic rings. The Morgan fingerprint density at radius 2 is 1.04 bits per heavy atom. The summed E-state index contributed by atoms with van der Waals surface area (Å²) in [5.41, 5.74) is 1.75. The van der Waals surface area contributed by atoms with Gasteiger partial charge in [0, 0.05) is 35.2 Å². The number of aromatic hydroxyl groups is 6. The summed E-state index contributed by atoms with van der Waals surface area (Å²) in [6.45, 7) is 0. The van der Waals surface area contributed by atoms with Crippen molar-refractivity contribution >= 4 is 0 Å². The first kappa shape index (κ1) is 19.2. The zero-order valence-corrected chi connectivity index (χ0v) is 15.1. The van der Waals surface area contributed by atoms with Crippen molar-refractivity contribution < 1.29 is 30.6 Å². The van der Waals surface area contributed by atoms with Crippen LogP contribution < -0.4 is 0 Å². The van der Waals surface area contributed by atoms with Crippen LogP contribution in [0.15, 0.2) is 54.6 Å². The lowest BCUT2D eigenvalue weighted by atomic mass is 9.85. The van der Waals surface area contributed by atoms with E-state index in [1.54, 1.807) is 18.2 Å². The lowest BCUT2D eigenvalue weighted by molar-refractivity contribution is 0.431. The standard InChI is InChI=1S/C22H22O6/c23-14-5-4-13(20(26)10-14)2-1-3-17(18-8-6-15(24)11-21(18)27)19-9-7-16(25)12-22(19)28/h4-12,17,23-28H,1-3H2. The molecule has 0 aliphatic carbocycles. The van der Waals surface area contributed by atoms with Crippen molar-refractivity contribution in [2.45, 2.75) is 25.2 Å². The molecule has 3 rings (SSSR count). The SMILES string of the molecule is Oc1ccc(CCCC(c2ccc(O)cc2O)c2ccc(O)cc2O)c(O)c1. The van der Waals surface area contributed by atoms with Crippen LogP contribution in [0, 0.1) is 0 Å². The van der Waals surface area contributed by atoms with Crippen molar-refractivity contribution in [1.29, 1.82) is 0 Å². The largest absolute Gasteiger partial charge is 0.508 e. The average molecular weight is 382 g/mol. The summed E-state index contributed by atoms with van der Waals surface area (Å²) < 4.78 is 0. The van der Waals surface area contributed by atoms with E-state index in [0.29, 0.717) is 36.0 Å². The Morgan fingerprint density at radius 3 is 1.50 bits per heavy atom. The smallest absolute Gasteiger partial charge is 0.123 e. The van der Waals surface area contributed by atoms with Gasteiger partial charge in [-0.3, -0.25) is 0 Å². The van der Waals surface area contributed by atoms with Crippen LogP contribution in [0.25, 0.3) is 0 Å². The van der Waals surface area contributed by atoms with Crippen molar-refractivity contribution in [3.63, 3.8) is 0 Å². The van der Waals surface area contributed by atoms with Crippen LogP contribution >= 0.6 is 0 Å². The number of rotatable bonds is 6. The zero-order valence-electron chi connectivity index (χ0n) is 15.1. The van der Waals surface area contributed by atoms with E-state index in [0.717, 1.165) is 0 Å².